The second kappa shape index (κ2) is 16.0. The standard InChI is InChI=1S/C42H39N3O6/c1-42(45-38(47)35(27-30-17-8-3-9-18-30)43-36(46)26-25-29-15-6-2-7-16-29)40(49)44-41(42)50-34-24-14-23-33(28-34)39(48)51-37(31-19-10-4-11-20-31)32-21-12-5-13-22-32/h2-24,28,35,37,41H,25-27H2,1H3,(H,43,46)(H,44,49)(H,45,47)/t35-,41-,42+/m0/s1. The maximum absolute atomic E-state index is 13.8. The summed E-state index contributed by atoms with van der Waals surface area (Å²) in [5.74, 6) is -1.52. The zero-order valence-electron chi connectivity index (χ0n) is 28.2. The second-order valence-electron chi connectivity index (χ2n) is 12.6. The van der Waals surface area contributed by atoms with Gasteiger partial charge in [-0.3, -0.25) is 14.4 Å². The highest BCUT2D eigenvalue weighted by Crippen LogP contribution is 2.29. The Labute approximate surface area is 297 Å². The van der Waals surface area contributed by atoms with Crippen molar-refractivity contribution in [3.8, 4) is 5.75 Å². The number of carbonyl (C=O) groups is 4. The molecule has 1 fully saturated rings. The van der Waals surface area contributed by atoms with E-state index >= 15 is 0 Å². The van der Waals surface area contributed by atoms with Crippen molar-refractivity contribution in [1.82, 2.24) is 16.0 Å². The number of hydrogen-bond acceptors (Lipinski definition) is 6. The number of hydrogen-bond donors (Lipinski definition) is 3. The number of esters is 1. The molecule has 3 atom stereocenters. The van der Waals surface area contributed by atoms with Gasteiger partial charge in [-0.25, -0.2) is 4.79 Å². The monoisotopic (exact) mass is 681 g/mol. The Morgan fingerprint density at radius 3 is 1.90 bits per heavy atom. The van der Waals surface area contributed by atoms with E-state index in [-0.39, 0.29) is 24.3 Å². The average Bonchev–Trinajstić information content (AvgIpc) is 3.17. The number of benzene rings is 5. The maximum atomic E-state index is 13.8. The van der Waals surface area contributed by atoms with Crippen LogP contribution in [0.15, 0.2) is 146 Å². The molecule has 0 bridgehead atoms. The van der Waals surface area contributed by atoms with Crippen LogP contribution in [0, 0.1) is 0 Å². The van der Waals surface area contributed by atoms with Gasteiger partial charge in [0.1, 0.15) is 11.8 Å². The smallest absolute Gasteiger partial charge is 0.339 e. The summed E-state index contributed by atoms with van der Waals surface area (Å²) in [6, 6.07) is 43.5. The van der Waals surface area contributed by atoms with E-state index in [4.69, 9.17) is 9.47 Å². The molecule has 0 unspecified atom stereocenters. The van der Waals surface area contributed by atoms with Crippen molar-refractivity contribution in [2.24, 2.45) is 0 Å². The van der Waals surface area contributed by atoms with Crippen molar-refractivity contribution in [2.45, 2.75) is 50.1 Å². The van der Waals surface area contributed by atoms with Gasteiger partial charge in [0, 0.05) is 12.8 Å². The second-order valence-corrected chi connectivity index (χ2v) is 12.6. The van der Waals surface area contributed by atoms with Crippen LogP contribution in [-0.2, 0) is 32.0 Å². The number of nitrogens with one attached hydrogen (secondary N) is 3. The SMILES string of the molecule is C[C@@]1(NC(=O)[C@H](Cc2ccccc2)NC(=O)CCc2ccccc2)C(=O)N[C@H]1Oc1cccc(C(=O)OC(c2ccccc2)c2ccccc2)c1. The van der Waals surface area contributed by atoms with Crippen LogP contribution in [-0.4, -0.2) is 41.5 Å². The molecule has 51 heavy (non-hydrogen) atoms. The summed E-state index contributed by atoms with van der Waals surface area (Å²) in [4.78, 5) is 53.2. The van der Waals surface area contributed by atoms with Crippen LogP contribution in [0.4, 0.5) is 0 Å². The van der Waals surface area contributed by atoms with Crippen molar-refractivity contribution < 1.29 is 28.7 Å². The Balaban J connectivity index is 1.13. The van der Waals surface area contributed by atoms with Crippen LogP contribution in [0.2, 0.25) is 0 Å². The van der Waals surface area contributed by atoms with E-state index in [0.717, 1.165) is 22.3 Å². The van der Waals surface area contributed by atoms with Gasteiger partial charge in [0.25, 0.3) is 5.91 Å². The molecule has 0 aliphatic carbocycles. The molecular weight excluding hydrogens is 642 g/mol. The third-order valence-corrected chi connectivity index (χ3v) is 8.81. The first-order valence-corrected chi connectivity index (χ1v) is 16.9. The van der Waals surface area contributed by atoms with E-state index in [1.165, 1.54) is 6.07 Å². The van der Waals surface area contributed by atoms with Crippen LogP contribution in [0.25, 0.3) is 0 Å². The molecule has 5 aromatic rings. The normalized spacial score (nSPS) is 17.0. The first-order chi connectivity index (χ1) is 24.8. The number of β-lactam (4-membered cyclic amide) rings is 1. The van der Waals surface area contributed by atoms with E-state index in [1.54, 1.807) is 25.1 Å². The van der Waals surface area contributed by atoms with Gasteiger partial charge in [0.15, 0.2) is 11.6 Å². The summed E-state index contributed by atoms with van der Waals surface area (Å²) < 4.78 is 12.1. The molecule has 1 heterocycles. The summed E-state index contributed by atoms with van der Waals surface area (Å²) in [7, 11) is 0. The Kier molecular flexibility index (Phi) is 10.9. The molecule has 258 valence electrons. The minimum absolute atomic E-state index is 0.197. The van der Waals surface area contributed by atoms with Crippen LogP contribution in [0.3, 0.4) is 0 Å². The molecule has 0 aromatic heterocycles. The molecule has 9 nitrogen and oxygen atoms in total. The molecule has 3 N–H and O–H groups in total. The van der Waals surface area contributed by atoms with Crippen molar-refractivity contribution in [3.63, 3.8) is 0 Å². The molecule has 6 rings (SSSR count). The lowest BCUT2D eigenvalue weighted by Crippen LogP contribution is -2.80. The molecule has 0 saturated carbocycles. The minimum atomic E-state index is -1.46. The van der Waals surface area contributed by atoms with E-state index in [0.29, 0.717) is 12.2 Å². The van der Waals surface area contributed by atoms with Gasteiger partial charge in [0.05, 0.1) is 5.56 Å². The summed E-state index contributed by atoms with van der Waals surface area (Å²) >= 11 is 0. The topological polar surface area (TPSA) is 123 Å². The fraction of sp³-hybridized carbons (Fsp3) is 0.190. The summed E-state index contributed by atoms with van der Waals surface area (Å²) in [6.07, 6.45) is -0.634. The van der Waals surface area contributed by atoms with Gasteiger partial charge < -0.3 is 25.4 Å². The van der Waals surface area contributed by atoms with E-state index in [9.17, 15) is 19.2 Å². The Morgan fingerprint density at radius 2 is 1.31 bits per heavy atom. The summed E-state index contributed by atoms with van der Waals surface area (Å²) in [6.45, 7) is 1.56. The molecule has 5 aromatic carbocycles. The first kappa shape index (κ1) is 34.6. The van der Waals surface area contributed by atoms with E-state index in [2.05, 4.69) is 16.0 Å². The molecule has 1 saturated heterocycles. The number of aryl methyl sites for hydroxylation is 1. The molecular formula is C42H39N3O6. The Morgan fingerprint density at radius 1 is 0.745 bits per heavy atom. The summed E-state index contributed by atoms with van der Waals surface area (Å²) in [5, 5.41) is 8.40. The fourth-order valence-corrected chi connectivity index (χ4v) is 5.89. The van der Waals surface area contributed by atoms with Crippen LogP contribution >= 0.6 is 0 Å². The Bertz CT molecular complexity index is 1920. The highest BCUT2D eigenvalue weighted by atomic mass is 16.5. The lowest BCUT2D eigenvalue weighted by Gasteiger charge is -2.46. The fourth-order valence-electron chi connectivity index (χ4n) is 5.89. The highest BCUT2D eigenvalue weighted by Gasteiger charge is 2.55. The predicted molar refractivity (Wildman–Crippen MR) is 193 cm³/mol. The van der Waals surface area contributed by atoms with Gasteiger partial charge in [-0.1, -0.05) is 127 Å². The molecule has 1 aliphatic rings. The van der Waals surface area contributed by atoms with Gasteiger partial charge >= 0.3 is 5.97 Å². The van der Waals surface area contributed by atoms with Crippen molar-refractivity contribution >= 4 is 23.7 Å². The predicted octanol–water partition coefficient (Wildman–Crippen LogP) is 5.70. The van der Waals surface area contributed by atoms with E-state index in [1.807, 2.05) is 121 Å². The third kappa shape index (κ3) is 8.69. The molecule has 0 spiro atoms. The highest BCUT2D eigenvalue weighted by molar-refractivity contribution is 5.99. The molecule has 9 heteroatoms. The quantitative estimate of drug-likeness (QED) is 0.102. The van der Waals surface area contributed by atoms with Gasteiger partial charge in [-0.15, -0.1) is 0 Å². The lowest BCUT2D eigenvalue weighted by atomic mass is 9.89. The van der Waals surface area contributed by atoms with E-state index < -0.39 is 41.7 Å². The zero-order chi connectivity index (χ0) is 35.6. The Hall–Kier alpha value is -6.22. The third-order valence-electron chi connectivity index (χ3n) is 8.81. The van der Waals surface area contributed by atoms with Gasteiger partial charge in [-0.05, 0) is 53.8 Å². The van der Waals surface area contributed by atoms with Crippen LogP contribution in [0.5, 0.6) is 5.75 Å². The van der Waals surface area contributed by atoms with Crippen molar-refractivity contribution in [1.29, 1.82) is 0 Å². The van der Waals surface area contributed by atoms with Gasteiger partial charge in [0.2, 0.25) is 18.0 Å². The first-order valence-electron chi connectivity index (χ1n) is 16.9. The van der Waals surface area contributed by atoms with Crippen molar-refractivity contribution in [2.75, 3.05) is 0 Å². The number of rotatable bonds is 14. The minimum Gasteiger partial charge on any atom is -0.468 e. The molecule has 3 amide bonds. The maximum Gasteiger partial charge on any atom is 0.339 e. The largest absolute Gasteiger partial charge is 0.468 e. The summed E-state index contributed by atoms with van der Waals surface area (Å²) in [5.41, 5.74) is 2.31. The van der Waals surface area contributed by atoms with Crippen molar-refractivity contribution in [3.05, 3.63) is 173 Å². The van der Waals surface area contributed by atoms with Gasteiger partial charge in [-0.2, -0.15) is 0 Å². The zero-order valence-corrected chi connectivity index (χ0v) is 28.2. The van der Waals surface area contributed by atoms with Crippen LogP contribution in [0.1, 0.15) is 52.1 Å². The molecule has 1 aliphatic heterocycles. The molecule has 0 radical (unpaired) electrons. The number of amides is 3. The van der Waals surface area contributed by atoms with Crippen LogP contribution < -0.4 is 20.7 Å². The average molecular weight is 682 g/mol. The number of ether oxygens (including phenoxy) is 2. The lowest BCUT2D eigenvalue weighted by molar-refractivity contribution is -0.154. The number of carbonyl (C=O) groups excluding carboxylic acids is 4.